The van der Waals surface area contributed by atoms with Gasteiger partial charge in [-0.15, -0.1) is 11.3 Å². The van der Waals surface area contributed by atoms with Crippen molar-refractivity contribution in [3.05, 3.63) is 34.5 Å². The highest BCUT2D eigenvalue weighted by atomic mass is 79.9. The summed E-state index contributed by atoms with van der Waals surface area (Å²) < 4.78 is 11.6. The number of rotatable bonds is 3. The minimum atomic E-state index is 0.432. The predicted molar refractivity (Wildman–Crippen MR) is 103 cm³/mol. The van der Waals surface area contributed by atoms with E-state index in [0.717, 1.165) is 36.2 Å². The van der Waals surface area contributed by atoms with E-state index in [4.69, 9.17) is 15.2 Å². The number of hydrogen-bond acceptors (Lipinski definition) is 7. The molecule has 126 valence electrons. The van der Waals surface area contributed by atoms with Crippen LogP contribution in [-0.2, 0) is 0 Å². The quantitative estimate of drug-likeness (QED) is 0.502. The number of nitrogens with two attached hydrogens (primary N) is 1. The molecule has 0 amide bonds. The van der Waals surface area contributed by atoms with Gasteiger partial charge >= 0.3 is 0 Å². The zero-order valence-electron chi connectivity index (χ0n) is 13.4. The van der Waals surface area contributed by atoms with Crippen LogP contribution in [0.15, 0.2) is 34.5 Å². The Balaban J connectivity index is 2.06. The van der Waals surface area contributed by atoms with Crippen LogP contribution < -0.4 is 15.2 Å². The highest BCUT2D eigenvalue weighted by Gasteiger charge is 2.14. The number of pyridine rings is 2. The van der Waals surface area contributed by atoms with Gasteiger partial charge in [0.05, 0.1) is 30.3 Å². The maximum absolute atomic E-state index is 6.18. The number of benzene rings is 1. The average molecular weight is 417 g/mol. The fourth-order valence-electron chi connectivity index (χ4n) is 2.76. The third-order valence-electron chi connectivity index (χ3n) is 3.94. The van der Waals surface area contributed by atoms with Crippen molar-refractivity contribution in [1.29, 1.82) is 0 Å². The van der Waals surface area contributed by atoms with Gasteiger partial charge in [0.25, 0.3) is 0 Å². The number of nitrogens with zero attached hydrogens (tertiary/aromatic N) is 3. The summed E-state index contributed by atoms with van der Waals surface area (Å²) in [7, 11) is 3.21. The predicted octanol–water partition coefficient (Wildman–Crippen LogP) is 4.27. The van der Waals surface area contributed by atoms with Crippen molar-refractivity contribution in [3.8, 4) is 22.1 Å². The number of methoxy groups -OCH3 is 2. The molecule has 4 aromatic rings. The Bertz CT molecular complexity index is 1110. The maximum atomic E-state index is 6.18. The number of fused-ring (bicyclic) bond motifs is 3. The van der Waals surface area contributed by atoms with Crippen molar-refractivity contribution in [2.45, 2.75) is 0 Å². The molecule has 3 aromatic heterocycles. The zero-order chi connectivity index (χ0) is 17.6. The summed E-state index contributed by atoms with van der Waals surface area (Å²) in [5.74, 6) is 1.71. The molecule has 0 aliphatic heterocycles. The summed E-state index contributed by atoms with van der Waals surface area (Å²) in [6.07, 6.45) is 3.51. The Hall–Kier alpha value is -2.45. The van der Waals surface area contributed by atoms with Crippen LogP contribution in [0.1, 0.15) is 0 Å². The van der Waals surface area contributed by atoms with Crippen LogP contribution in [0.2, 0.25) is 0 Å². The number of ether oxygens (including phenoxy) is 2. The van der Waals surface area contributed by atoms with E-state index in [2.05, 4.69) is 30.9 Å². The van der Waals surface area contributed by atoms with Crippen LogP contribution >= 0.6 is 27.3 Å². The molecular weight excluding hydrogens is 404 g/mol. The van der Waals surface area contributed by atoms with Crippen molar-refractivity contribution < 1.29 is 9.47 Å². The van der Waals surface area contributed by atoms with Crippen LogP contribution in [0.25, 0.3) is 32.2 Å². The van der Waals surface area contributed by atoms with Crippen LogP contribution in [-0.4, -0.2) is 29.2 Å². The molecule has 1 aromatic carbocycles. The van der Waals surface area contributed by atoms with Gasteiger partial charge in [-0.1, -0.05) is 0 Å². The van der Waals surface area contributed by atoms with Crippen molar-refractivity contribution in [3.63, 3.8) is 0 Å². The number of thiazole rings is 1. The van der Waals surface area contributed by atoms with Crippen LogP contribution in [0.3, 0.4) is 0 Å². The number of hydrogen-bond donors (Lipinski definition) is 1. The highest BCUT2D eigenvalue weighted by molar-refractivity contribution is 9.11. The number of aromatic nitrogens is 3. The van der Waals surface area contributed by atoms with Crippen LogP contribution in [0.5, 0.6) is 11.5 Å². The standard InChI is InChI=1S/C17H13BrN4O2S/c1-23-13-4-9-8-3-12(15-7-21-17(18)25-15)22-16(19)10(8)6-20-11(9)5-14(13)24-2/h3-7H,1-2H3,(H2,19,22). The normalized spacial score (nSPS) is 11.2. The first-order valence-corrected chi connectivity index (χ1v) is 8.94. The second-order valence-electron chi connectivity index (χ2n) is 5.31. The minimum Gasteiger partial charge on any atom is -0.493 e. The van der Waals surface area contributed by atoms with E-state index in [1.165, 1.54) is 11.3 Å². The first-order valence-electron chi connectivity index (χ1n) is 7.33. The molecule has 0 saturated heterocycles. The van der Waals surface area contributed by atoms with E-state index >= 15 is 0 Å². The number of anilines is 1. The largest absolute Gasteiger partial charge is 0.493 e. The van der Waals surface area contributed by atoms with Gasteiger partial charge in [-0.25, -0.2) is 9.97 Å². The first-order chi connectivity index (χ1) is 12.1. The molecule has 0 radical (unpaired) electrons. The van der Waals surface area contributed by atoms with Gasteiger partial charge in [0.2, 0.25) is 0 Å². The summed E-state index contributed by atoms with van der Waals surface area (Å²) in [6, 6.07) is 5.77. The second kappa shape index (κ2) is 6.12. The lowest BCUT2D eigenvalue weighted by molar-refractivity contribution is 0.356. The SMILES string of the molecule is COc1cc2ncc3c(N)nc(-c4cnc(Br)s4)cc3c2cc1OC. The lowest BCUT2D eigenvalue weighted by Crippen LogP contribution is -1.96. The molecule has 0 aliphatic carbocycles. The fraction of sp³-hybridized carbons (Fsp3) is 0.118. The van der Waals surface area contributed by atoms with Gasteiger partial charge in [-0.05, 0) is 33.4 Å². The van der Waals surface area contributed by atoms with Gasteiger partial charge in [0.15, 0.2) is 15.4 Å². The van der Waals surface area contributed by atoms with Gasteiger partial charge in [0.1, 0.15) is 5.82 Å². The Morgan fingerprint density at radius 3 is 2.40 bits per heavy atom. The van der Waals surface area contributed by atoms with E-state index in [-0.39, 0.29) is 0 Å². The third kappa shape index (κ3) is 2.67. The molecule has 2 N–H and O–H groups in total. The fourth-order valence-corrected chi connectivity index (χ4v) is 3.98. The summed E-state index contributed by atoms with van der Waals surface area (Å²) in [5.41, 5.74) is 7.76. The number of halogens is 1. The van der Waals surface area contributed by atoms with E-state index in [1.54, 1.807) is 26.6 Å². The van der Waals surface area contributed by atoms with Crippen molar-refractivity contribution in [2.75, 3.05) is 20.0 Å². The second-order valence-corrected chi connectivity index (χ2v) is 7.62. The molecule has 0 saturated carbocycles. The van der Waals surface area contributed by atoms with Crippen molar-refractivity contribution in [1.82, 2.24) is 15.0 Å². The summed E-state index contributed by atoms with van der Waals surface area (Å²) in [4.78, 5) is 14.1. The molecular formula is C17H13BrN4O2S. The summed E-state index contributed by atoms with van der Waals surface area (Å²) in [5, 5.41) is 2.68. The van der Waals surface area contributed by atoms with Gasteiger partial charge in [-0.2, -0.15) is 0 Å². The molecule has 4 rings (SSSR count). The van der Waals surface area contributed by atoms with Crippen LogP contribution in [0, 0.1) is 0 Å². The van der Waals surface area contributed by atoms with Gasteiger partial charge in [0, 0.05) is 29.2 Å². The molecule has 3 heterocycles. The lowest BCUT2D eigenvalue weighted by Gasteiger charge is -2.11. The molecule has 0 spiro atoms. The van der Waals surface area contributed by atoms with E-state index < -0.39 is 0 Å². The average Bonchev–Trinajstić information content (AvgIpc) is 3.06. The summed E-state index contributed by atoms with van der Waals surface area (Å²) in [6.45, 7) is 0. The number of nitrogen functional groups attached to an aromatic ring is 1. The highest BCUT2D eigenvalue weighted by Crippen LogP contribution is 2.37. The minimum absolute atomic E-state index is 0.432. The van der Waals surface area contributed by atoms with Crippen molar-refractivity contribution >= 4 is 54.8 Å². The molecule has 6 nitrogen and oxygen atoms in total. The first kappa shape index (κ1) is 16.0. The van der Waals surface area contributed by atoms with Gasteiger partial charge < -0.3 is 15.2 Å². The Kier molecular flexibility index (Phi) is 3.93. The molecule has 0 unspecified atom stereocenters. The van der Waals surface area contributed by atoms with E-state index in [0.29, 0.717) is 17.3 Å². The van der Waals surface area contributed by atoms with Crippen molar-refractivity contribution in [2.24, 2.45) is 0 Å². The van der Waals surface area contributed by atoms with E-state index in [9.17, 15) is 0 Å². The summed E-state index contributed by atoms with van der Waals surface area (Å²) >= 11 is 4.88. The van der Waals surface area contributed by atoms with E-state index in [1.807, 2.05) is 18.2 Å². The Morgan fingerprint density at radius 2 is 1.72 bits per heavy atom. The van der Waals surface area contributed by atoms with Gasteiger partial charge in [-0.3, -0.25) is 4.98 Å². The smallest absolute Gasteiger partial charge is 0.162 e. The molecule has 0 aliphatic rings. The monoisotopic (exact) mass is 416 g/mol. The Labute approximate surface area is 155 Å². The molecule has 0 atom stereocenters. The van der Waals surface area contributed by atoms with Crippen LogP contribution in [0.4, 0.5) is 5.82 Å². The molecule has 8 heteroatoms. The lowest BCUT2D eigenvalue weighted by atomic mass is 10.1. The molecule has 0 fully saturated rings. The molecule has 0 bridgehead atoms. The third-order valence-corrected chi connectivity index (χ3v) is 5.44. The zero-order valence-corrected chi connectivity index (χ0v) is 15.8. The maximum Gasteiger partial charge on any atom is 0.162 e. The Morgan fingerprint density at radius 1 is 0.960 bits per heavy atom. The molecule has 25 heavy (non-hydrogen) atoms. The topological polar surface area (TPSA) is 83.2 Å².